The molecule has 0 saturated carbocycles. The molecule has 0 amide bonds. The van der Waals surface area contributed by atoms with E-state index >= 15 is 0 Å². The summed E-state index contributed by atoms with van der Waals surface area (Å²) in [4.78, 5) is 18.4. The van der Waals surface area contributed by atoms with Crippen molar-refractivity contribution in [2.45, 2.75) is 0 Å². The van der Waals surface area contributed by atoms with Gasteiger partial charge < -0.3 is 27.3 Å². The second-order valence-electron chi connectivity index (χ2n) is 0.575. The van der Waals surface area contributed by atoms with Crippen LogP contribution in [0.15, 0.2) is 0 Å². The van der Waals surface area contributed by atoms with Crippen LogP contribution >= 0.6 is 0 Å². The topological polar surface area (TPSA) is 57.2 Å². The van der Waals surface area contributed by atoms with Crippen LogP contribution in [0.5, 0.6) is 0 Å². The van der Waals surface area contributed by atoms with Crippen LogP contribution in [0.3, 0.4) is 0 Å². The van der Waals surface area contributed by atoms with Gasteiger partial charge in [0.25, 0.3) is 0 Å². The molecule has 34 valence electrons. The Balaban J connectivity index is -0.000000125. The molecule has 0 unspecified atom stereocenters. The summed E-state index contributed by atoms with van der Waals surface area (Å²) in [5.74, 6) is -1.81. The molecule has 0 aromatic rings. The van der Waals surface area contributed by atoms with Gasteiger partial charge in [0.15, 0.2) is 0 Å². The summed E-state index contributed by atoms with van der Waals surface area (Å²) in [5.41, 5.74) is 0. The van der Waals surface area contributed by atoms with Crippen LogP contribution < -0.4 is 64.2 Å². The third kappa shape index (κ3) is 10.4. The molecule has 0 rings (SSSR count). The number of hydrogen-bond acceptors (Lipinski definition) is 4. The third-order valence-electron chi connectivity index (χ3n) is 0.167. The van der Waals surface area contributed by atoms with Crippen molar-refractivity contribution < 1.29 is 73.8 Å². The van der Waals surface area contributed by atoms with Crippen molar-refractivity contribution in [1.82, 2.24) is 0 Å². The third-order valence-corrected chi connectivity index (χ3v) is 0.333. The fourth-order valence-electron chi connectivity index (χ4n) is 0. The molecular weight excluding hydrogens is 150 g/mol. The van der Waals surface area contributed by atoms with Gasteiger partial charge in [0.05, 0.1) is 11.1 Å². The van der Waals surface area contributed by atoms with Crippen molar-refractivity contribution in [3.63, 3.8) is 0 Å². The number of carboxylic acid groups (broad SMARTS) is 1. The van der Waals surface area contributed by atoms with E-state index < -0.39 is 11.1 Å². The summed E-state index contributed by atoms with van der Waals surface area (Å²) in [6, 6.07) is 0. The smallest absolute Gasteiger partial charge is 0.736 e. The first-order chi connectivity index (χ1) is 2.64. The van der Waals surface area contributed by atoms with Gasteiger partial charge in [0, 0.05) is 0 Å². The maximum Gasteiger partial charge on any atom is 1.00 e. The van der Waals surface area contributed by atoms with Crippen LogP contribution in [0.1, 0.15) is 0 Å². The summed E-state index contributed by atoms with van der Waals surface area (Å²) in [7, 11) is 0. The summed E-state index contributed by atoms with van der Waals surface area (Å²) in [6.45, 7) is 0. The Morgan fingerprint density at radius 3 is 1.38 bits per heavy atom. The van der Waals surface area contributed by atoms with Crippen LogP contribution in [0.2, 0.25) is 0 Å². The molecule has 3 nitrogen and oxygen atoms in total. The van der Waals surface area contributed by atoms with Gasteiger partial charge in [-0.1, -0.05) is 0 Å². The number of carbonyl (C=O) groups excluding carboxylic acids is 2. The number of carbonyl (C=O) groups is 2. The zero-order chi connectivity index (χ0) is 5.15. The zero-order valence-electron chi connectivity index (χ0n) is 4.63. The van der Waals surface area contributed by atoms with Crippen LogP contribution in [-0.4, -0.2) is 11.1 Å². The minimum absolute atomic E-state index is 0. The van der Waals surface area contributed by atoms with E-state index in [1.807, 2.05) is 0 Å². The fraction of sp³-hybridized carbons (Fsp3) is 0. The quantitative estimate of drug-likeness (QED) is 0.211. The summed E-state index contributed by atoms with van der Waals surface area (Å²) >= 11 is 3.60. The van der Waals surface area contributed by atoms with Gasteiger partial charge in [-0.05, 0) is 0 Å². The van der Waals surface area contributed by atoms with Gasteiger partial charge in [0.2, 0.25) is 0 Å². The Morgan fingerprint density at radius 1 is 1.25 bits per heavy atom. The van der Waals surface area contributed by atoms with Gasteiger partial charge in [0.1, 0.15) is 0 Å². The molecule has 0 heterocycles. The predicted octanol–water partition coefficient (Wildman–Crippen LogP) is -8.18. The molecule has 0 aliphatic carbocycles. The average molecular weight is 150 g/mol. The van der Waals surface area contributed by atoms with Crippen molar-refractivity contribution in [3.05, 3.63) is 0 Å². The SMILES string of the molecule is O=C([O-])C(=O)[S-].[Na+].[Na+]. The molecule has 0 radical (unpaired) electrons. The molecule has 6 heteroatoms. The van der Waals surface area contributed by atoms with Crippen molar-refractivity contribution >= 4 is 23.7 Å². The first-order valence-electron chi connectivity index (χ1n) is 1.07. The molecule has 0 bridgehead atoms. The van der Waals surface area contributed by atoms with E-state index in [9.17, 15) is 4.79 Å². The Kier molecular flexibility index (Phi) is 16.9. The van der Waals surface area contributed by atoms with Crippen LogP contribution in [0.25, 0.3) is 0 Å². The maximum atomic E-state index is 9.30. The standard InChI is InChI=1S/C2H2O3S.2Na/c3-1(4)2(5)6;;/h(H,3,4)(H,5,6);;/q;2*+1/p-2. The largest absolute Gasteiger partial charge is 1.00 e. The first kappa shape index (κ1) is 16.2. The van der Waals surface area contributed by atoms with E-state index in [-0.39, 0.29) is 59.1 Å². The molecular formula is C2Na2O3S. The number of aliphatic carboxylic acids is 1. The van der Waals surface area contributed by atoms with Gasteiger partial charge in [-0.25, -0.2) is 0 Å². The average Bonchev–Trinajstić information content (AvgIpc) is 1.36. The Hall–Kier alpha value is 1.36. The number of carboxylic acids is 1. The Morgan fingerprint density at radius 2 is 1.38 bits per heavy atom. The molecule has 0 aliphatic rings. The van der Waals surface area contributed by atoms with Gasteiger partial charge >= 0.3 is 59.1 Å². The van der Waals surface area contributed by atoms with E-state index in [0.29, 0.717) is 0 Å². The summed E-state index contributed by atoms with van der Waals surface area (Å²) < 4.78 is 0. The molecule has 0 N–H and O–H groups in total. The summed E-state index contributed by atoms with van der Waals surface area (Å²) in [5, 5.41) is 7.78. The van der Waals surface area contributed by atoms with Gasteiger partial charge in [-0.3, -0.25) is 0 Å². The molecule has 0 aromatic heterocycles. The van der Waals surface area contributed by atoms with Crippen LogP contribution in [-0.2, 0) is 22.2 Å². The fourth-order valence-corrected chi connectivity index (χ4v) is 0. The van der Waals surface area contributed by atoms with Crippen molar-refractivity contribution in [2.75, 3.05) is 0 Å². The minimum atomic E-state index is -1.81. The molecule has 8 heavy (non-hydrogen) atoms. The van der Waals surface area contributed by atoms with Crippen molar-refractivity contribution in [3.8, 4) is 0 Å². The monoisotopic (exact) mass is 150 g/mol. The predicted molar refractivity (Wildman–Crippen MR) is 17.4 cm³/mol. The van der Waals surface area contributed by atoms with Crippen molar-refractivity contribution in [2.24, 2.45) is 0 Å². The van der Waals surface area contributed by atoms with E-state index in [4.69, 9.17) is 9.90 Å². The number of rotatable bonds is 1. The van der Waals surface area contributed by atoms with E-state index in [1.165, 1.54) is 0 Å². The van der Waals surface area contributed by atoms with Crippen LogP contribution in [0.4, 0.5) is 0 Å². The molecule has 0 aliphatic heterocycles. The van der Waals surface area contributed by atoms with E-state index in [0.717, 1.165) is 0 Å². The molecule has 0 spiro atoms. The van der Waals surface area contributed by atoms with Crippen LogP contribution in [0, 0.1) is 0 Å². The Bertz CT molecular complexity index is 81.3. The zero-order valence-corrected chi connectivity index (χ0v) is 9.45. The molecule has 0 fully saturated rings. The summed E-state index contributed by atoms with van der Waals surface area (Å²) in [6.07, 6.45) is 0. The van der Waals surface area contributed by atoms with E-state index in [1.54, 1.807) is 0 Å². The Labute approximate surface area is 96.2 Å². The second kappa shape index (κ2) is 8.36. The van der Waals surface area contributed by atoms with Gasteiger partial charge in [-0.2, -0.15) is 0 Å². The maximum absolute atomic E-state index is 9.30. The number of hydrogen-bond donors (Lipinski definition) is 0. The van der Waals surface area contributed by atoms with E-state index in [2.05, 4.69) is 12.6 Å². The molecule has 0 saturated heterocycles. The van der Waals surface area contributed by atoms with Gasteiger partial charge in [-0.15, -0.1) is 0 Å². The normalized spacial score (nSPS) is 5.50. The molecule has 0 aromatic carbocycles. The second-order valence-corrected chi connectivity index (χ2v) is 0.946. The first-order valence-corrected chi connectivity index (χ1v) is 1.47. The molecule has 0 atom stereocenters. The minimum Gasteiger partial charge on any atom is -0.736 e. The van der Waals surface area contributed by atoms with Crippen molar-refractivity contribution in [1.29, 1.82) is 0 Å².